The van der Waals surface area contributed by atoms with Crippen molar-refractivity contribution in [2.75, 3.05) is 18.5 Å². The van der Waals surface area contributed by atoms with E-state index in [0.717, 1.165) is 13.0 Å². The number of aliphatic imine (C=N–C) groups is 2. The van der Waals surface area contributed by atoms with Gasteiger partial charge in [-0.05, 0) is 13.8 Å². The lowest BCUT2D eigenvalue weighted by atomic mass is 10.4. The second-order valence-electron chi connectivity index (χ2n) is 3.58. The summed E-state index contributed by atoms with van der Waals surface area (Å²) < 4.78 is 4.96. The van der Waals surface area contributed by atoms with Crippen molar-refractivity contribution in [1.29, 1.82) is 0 Å². The third-order valence-corrected chi connectivity index (χ3v) is 3.26. The van der Waals surface area contributed by atoms with Crippen LogP contribution in [0, 0.1) is 6.92 Å². The van der Waals surface area contributed by atoms with Gasteiger partial charge in [-0.3, -0.25) is 4.99 Å². The average molecular weight is 266 g/mol. The number of aryl methyl sites for hydroxylation is 1. The molecular formula is C11H14N4O2S. The number of hydrogen-bond donors (Lipinski definition) is 1. The lowest BCUT2D eigenvalue weighted by Gasteiger charge is -2.04. The van der Waals surface area contributed by atoms with Crippen LogP contribution in [0.15, 0.2) is 9.98 Å². The molecule has 0 aromatic carbocycles. The molecule has 0 aliphatic carbocycles. The molecule has 2 heterocycles. The fourth-order valence-corrected chi connectivity index (χ4v) is 2.28. The van der Waals surface area contributed by atoms with Gasteiger partial charge < -0.3 is 10.1 Å². The molecule has 0 bridgehead atoms. The van der Waals surface area contributed by atoms with E-state index in [1.807, 2.05) is 6.21 Å². The molecule has 7 heteroatoms. The maximum absolute atomic E-state index is 11.6. The molecule has 1 aliphatic heterocycles. The van der Waals surface area contributed by atoms with Crippen LogP contribution in [-0.4, -0.2) is 36.3 Å². The van der Waals surface area contributed by atoms with Crippen LogP contribution in [-0.2, 0) is 4.74 Å². The second-order valence-corrected chi connectivity index (χ2v) is 4.58. The molecule has 0 amide bonds. The van der Waals surface area contributed by atoms with E-state index in [-0.39, 0.29) is 5.97 Å². The van der Waals surface area contributed by atoms with E-state index in [4.69, 9.17) is 4.74 Å². The minimum absolute atomic E-state index is 0.338. The number of thiazole rings is 1. The van der Waals surface area contributed by atoms with E-state index in [1.165, 1.54) is 11.3 Å². The summed E-state index contributed by atoms with van der Waals surface area (Å²) >= 11 is 1.25. The van der Waals surface area contributed by atoms with Crippen molar-refractivity contribution < 1.29 is 9.53 Å². The van der Waals surface area contributed by atoms with Crippen molar-refractivity contribution in [3.8, 4) is 0 Å². The summed E-state index contributed by atoms with van der Waals surface area (Å²) in [7, 11) is 0. The molecule has 1 aliphatic rings. The number of hydrogen-bond acceptors (Lipinski definition) is 7. The van der Waals surface area contributed by atoms with Crippen LogP contribution < -0.4 is 5.32 Å². The molecule has 0 unspecified atom stereocenters. The highest BCUT2D eigenvalue weighted by Crippen LogP contribution is 2.23. The van der Waals surface area contributed by atoms with Gasteiger partial charge in [0, 0.05) is 19.2 Å². The van der Waals surface area contributed by atoms with Gasteiger partial charge in [0.15, 0.2) is 5.13 Å². The summed E-state index contributed by atoms with van der Waals surface area (Å²) in [6, 6.07) is 0. The number of esters is 1. The van der Waals surface area contributed by atoms with Gasteiger partial charge >= 0.3 is 5.97 Å². The van der Waals surface area contributed by atoms with Gasteiger partial charge in [0.2, 0.25) is 5.96 Å². The van der Waals surface area contributed by atoms with Gasteiger partial charge in [-0.25, -0.2) is 14.8 Å². The van der Waals surface area contributed by atoms with Crippen LogP contribution in [0.4, 0.5) is 5.13 Å². The van der Waals surface area contributed by atoms with Gasteiger partial charge in [-0.2, -0.15) is 0 Å². The van der Waals surface area contributed by atoms with E-state index < -0.39 is 0 Å². The Hall–Kier alpha value is -1.76. The Labute approximate surface area is 109 Å². The number of nitrogens with one attached hydrogen (secondary N) is 1. The van der Waals surface area contributed by atoms with Gasteiger partial charge in [0.1, 0.15) is 4.88 Å². The molecule has 96 valence electrons. The predicted molar refractivity (Wildman–Crippen MR) is 71.8 cm³/mol. The Bertz CT molecular complexity index is 507. The Balaban J connectivity index is 2.11. The van der Waals surface area contributed by atoms with Crippen molar-refractivity contribution in [2.24, 2.45) is 9.98 Å². The van der Waals surface area contributed by atoms with Crippen molar-refractivity contribution >= 4 is 34.6 Å². The number of aromatic nitrogens is 1. The zero-order chi connectivity index (χ0) is 13.0. The fraction of sp³-hybridized carbons (Fsp3) is 0.455. The molecule has 0 spiro atoms. The molecule has 0 fully saturated rings. The van der Waals surface area contributed by atoms with Crippen molar-refractivity contribution in [3.63, 3.8) is 0 Å². The van der Waals surface area contributed by atoms with E-state index in [2.05, 4.69) is 20.3 Å². The summed E-state index contributed by atoms with van der Waals surface area (Å²) in [6.07, 6.45) is 2.66. The Morgan fingerprint density at radius 3 is 3.11 bits per heavy atom. The quantitative estimate of drug-likeness (QED) is 0.847. The zero-order valence-electron chi connectivity index (χ0n) is 10.3. The first-order valence-electron chi connectivity index (χ1n) is 5.69. The van der Waals surface area contributed by atoms with Crippen LogP contribution in [0.3, 0.4) is 0 Å². The molecule has 1 N–H and O–H groups in total. The number of carbonyl (C=O) groups excluding carboxylic acids is 1. The number of nitrogens with zero attached hydrogens (tertiary/aromatic N) is 3. The van der Waals surface area contributed by atoms with Crippen LogP contribution in [0.25, 0.3) is 0 Å². The van der Waals surface area contributed by atoms with Gasteiger partial charge in [-0.1, -0.05) is 11.3 Å². The molecule has 1 aromatic rings. The molecule has 0 saturated carbocycles. The summed E-state index contributed by atoms with van der Waals surface area (Å²) in [4.78, 5) is 24.7. The SMILES string of the molecule is CCOC(=O)c1sc(NC2=NCCC=N2)nc1C. The number of rotatable bonds is 3. The summed E-state index contributed by atoms with van der Waals surface area (Å²) in [5.41, 5.74) is 0.654. The monoisotopic (exact) mass is 266 g/mol. The molecule has 2 rings (SSSR count). The highest BCUT2D eigenvalue weighted by Gasteiger charge is 2.17. The van der Waals surface area contributed by atoms with Crippen LogP contribution in [0.1, 0.15) is 28.7 Å². The first-order chi connectivity index (χ1) is 8.70. The molecule has 0 atom stereocenters. The maximum Gasteiger partial charge on any atom is 0.350 e. The molecule has 0 saturated heterocycles. The van der Waals surface area contributed by atoms with Gasteiger partial charge in [0.05, 0.1) is 12.3 Å². The van der Waals surface area contributed by atoms with Crippen molar-refractivity contribution in [2.45, 2.75) is 20.3 Å². The summed E-state index contributed by atoms with van der Waals surface area (Å²) in [6.45, 7) is 4.63. The lowest BCUT2D eigenvalue weighted by molar-refractivity contribution is 0.0531. The minimum Gasteiger partial charge on any atom is -0.462 e. The zero-order valence-corrected chi connectivity index (χ0v) is 11.1. The molecule has 1 aromatic heterocycles. The molecule has 6 nitrogen and oxygen atoms in total. The van der Waals surface area contributed by atoms with E-state index >= 15 is 0 Å². The fourth-order valence-electron chi connectivity index (χ4n) is 1.42. The number of ether oxygens (including phenoxy) is 1. The predicted octanol–water partition coefficient (Wildman–Crippen LogP) is 1.87. The van der Waals surface area contributed by atoms with E-state index in [9.17, 15) is 4.79 Å². The molecule has 0 radical (unpaired) electrons. The third kappa shape index (κ3) is 2.92. The Morgan fingerprint density at radius 2 is 2.44 bits per heavy atom. The van der Waals surface area contributed by atoms with Crippen molar-refractivity contribution in [1.82, 2.24) is 4.98 Å². The topological polar surface area (TPSA) is 75.9 Å². The highest BCUT2D eigenvalue weighted by atomic mass is 32.1. The minimum atomic E-state index is -0.338. The standard InChI is InChI=1S/C11H14N4O2S/c1-3-17-9(16)8-7(2)14-11(18-8)15-10-12-5-4-6-13-10/h5H,3-4,6H2,1-2H3,(H,13,14,15). The van der Waals surface area contributed by atoms with E-state index in [0.29, 0.717) is 28.3 Å². The Kier molecular flexibility index (Phi) is 4.03. The van der Waals surface area contributed by atoms with Crippen LogP contribution >= 0.6 is 11.3 Å². The highest BCUT2D eigenvalue weighted by molar-refractivity contribution is 7.17. The molecular weight excluding hydrogens is 252 g/mol. The van der Waals surface area contributed by atoms with Crippen LogP contribution in [0.2, 0.25) is 0 Å². The van der Waals surface area contributed by atoms with Crippen LogP contribution in [0.5, 0.6) is 0 Å². The smallest absolute Gasteiger partial charge is 0.350 e. The number of anilines is 1. The first-order valence-corrected chi connectivity index (χ1v) is 6.51. The van der Waals surface area contributed by atoms with Gasteiger partial charge in [0.25, 0.3) is 0 Å². The Morgan fingerprint density at radius 1 is 1.61 bits per heavy atom. The molecule has 18 heavy (non-hydrogen) atoms. The second kappa shape index (κ2) is 5.72. The largest absolute Gasteiger partial charge is 0.462 e. The first kappa shape index (κ1) is 12.7. The lowest BCUT2D eigenvalue weighted by Crippen LogP contribution is -2.13. The average Bonchev–Trinajstić information content (AvgIpc) is 2.72. The number of guanidine groups is 1. The van der Waals surface area contributed by atoms with Gasteiger partial charge in [-0.15, -0.1) is 0 Å². The maximum atomic E-state index is 11.6. The normalized spacial score (nSPS) is 14.2. The van der Waals surface area contributed by atoms with E-state index in [1.54, 1.807) is 13.8 Å². The third-order valence-electron chi connectivity index (χ3n) is 2.21. The number of carbonyl (C=O) groups is 1. The summed E-state index contributed by atoms with van der Waals surface area (Å²) in [5.74, 6) is 0.194. The van der Waals surface area contributed by atoms with Crippen molar-refractivity contribution in [3.05, 3.63) is 10.6 Å². The summed E-state index contributed by atoms with van der Waals surface area (Å²) in [5, 5.41) is 3.60.